The monoisotopic (exact) mass is 160 g/mol. The van der Waals surface area contributed by atoms with Gasteiger partial charge in [-0.25, -0.2) is 0 Å². The lowest BCUT2D eigenvalue weighted by atomic mass is 9.91. The zero-order valence-corrected chi connectivity index (χ0v) is 7.25. The topological polar surface area (TPSA) is 47.6 Å². The van der Waals surface area contributed by atoms with Crippen molar-refractivity contribution in [2.45, 2.75) is 26.2 Å². The third-order valence-corrected chi connectivity index (χ3v) is 2.64. The van der Waals surface area contributed by atoms with Gasteiger partial charge < -0.3 is 0 Å². The van der Waals surface area contributed by atoms with Crippen molar-refractivity contribution in [2.24, 2.45) is 11.3 Å². The fourth-order valence-electron chi connectivity index (χ4n) is 2.00. The molecular weight excluding hydrogens is 148 g/mol. The molecule has 0 aromatic carbocycles. The second-order valence-electron chi connectivity index (χ2n) is 3.74. The number of nitriles is 2. The van der Waals surface area contributed by atoms with Crippen LogP contribution in [0.1, 0.15) is 26.2 Å². The highest BCUT2D eigenvalue weighted by molar-refractivity contribution is 5.13. The Morgan fingerprint density at radius 3 is 2.17 bits per heavy atom. The van der Waals surface area contributed by atoms with E-state index in [-0.39, 0.29) is 0 Å². The first kappa shape index (κ1) is 8.81. The smallest absolute Gasteiger partial charge is 0.181 e. The zero-order valence-electron chi connectivity index (χ0n) is 7.25. The Hall–Kier alpha value is -1.28. The molecule has 0 aromatic rings. The second kappa shape index (κ2) is 3.41. The number of nitrogens with zero attached hydrogens (tertiary/aromatic N) is 2. The van der Waals surface area contributed by atoms with Crippen LogP contribution in [0.15, 0.2) is 12.2 Å². The van der Waals surface area contributed by atoms with E-state index in [2.05, 4.69) is 19.1 Å². The van der Waals surface area contributed by atoms with Crippen molar-refractivity contribution in [2.75, 3.05) is 0 Å². The number of rotatable bonds is 0. The van der Waals surface area contributed by atoms with Crippen molar-refractivity contribution in [3.05, 3.63) is 12.2 Å². The first-order valence-corrected chi connectivity index (χ1v) is 4.18. The van der Waals surface area contributed by atoms with Gasteiger partial charge in [-0.1, -0.05) is 19.1 Å². The fourth-order valence-corrected chi connectivity index (χ4v) is 2.00. The highest BCUT2D eigenvalue weighted by Crippen LogP contribution is 2.48. The molecule has 2 heteroatoms. The van der Waals surface area contributed by atoms with Crippen LogP contribution in [0.3, 0.4) is 0 Å². The Morgan fingerprint density at radius 1 is 1.42 bits per heavy atom. The number of fused-ring (bicyclic) bond motifs is 2. The number of allylic oxidation sites excluding steroid dienone is 2. The second-order valence-corrected chi connectivity index (χ2v) is 3.74. The van der Waals surface area contributed by atoms with Crippen molar-refractivity contribution in [3.63, 3.8) is 0 Å². The lowest BCUT2D eigenvalue weighted by molar-refractivity contribution is 0.455. The molecule has 0 spiro atoms. The molecule has 0 radical (unpaired) electrons. The molecule has 12 heavy (non-hydrogen) atoms. The predicted octanol–water partition coefficient (Wildman–Crippen LogP) is 2.40. The summed E-state index contributed by atoms with van der Waals surface area (Å²) in [7, 11) is 0. The molecule has 1 saturated carbocycles. The quantitative estimate of drug-likeness (QED) is 0.511. The zero-order chi connectivity index (χ0) is 9.03. The van der Waals surface area contributed by atoms with E-state index in [0.717, 1.165) is 5.92 Å². The third kappa shape index (κ3) is 1.86. The first-order valence-electron chi connectivity index (χ1n) is 4.18. The van der Waals surface area contributed by atoms with Crippen LogP contribution in [-0.2, 0) is 0 Å². The molecule has 0 aromatic heterocycles. The lowest BCUT2D eigenvalue weighted by Gasteiger charge is -2.14. The maximum atomic E-state index is 7.26. The normalized spacial score (nSPS) is 34.8. The molecular formula is C10H12N2. The molecule has 0 amide bonds. The number of hydrogen-bond donors (Lipinski definition) is 0. The van der Waals surface area contributed by atoms with Crippen molar-refractivity contribution >= 4 is 0 Å². The van der Waals surface area contributed by atoms with Crippen molar-refractivity contribution in [3.8, 4) is 12.1 Å². The summed E-state index contributed by atoms with van der Waals surface area (Å²) >= 11 is 0. The van der Waals surface area contributed by atoms with Gasteiger partial charge in [0, 0.05) is 0 Å². The maximum absolute atomic E-state index is 7.26. The van der Waals surface area contributed by atoms with E-state index < -0.39 is 0 Å². The average molecular weight is 160 g/mol. The molecule has 0 N–H and O–H groups in total. The summed E-state index contributed by atoms with van der Waals surface area (Å²) in [5.74, 6) is 0.958. The summed E-state index contributed by atoms with van der Waals surface area (Å²) in [5.41, 5.74) is 0.630. The van der Waals surface area contributed by atoms with Crippen LogP contribution >= 0.6 is 0 Å². The summed E-state index contributed by atoms with van der Waals surface area (Å²) in [6.45, 7) is 2.37. The van der Waals surface area contributed by atoms with Crippen LogP contribution in [-0.4, -0.2) is 0 Å². The van der Waals surface area contributed by atoms with Gasteiger partial charge in [0.05, 0.1) is 0 Å². The Morgan fingerprint density at radius 2 is 2.08 bits per heavy atom. The van der Waals surface area contributed by atoms with Crippen LogP contribution in [0.4, 0.5) is 0 Å². The van der Waals surface area contributed by atoms with Gasteiger partial charge in [0.1, 0.15) is 0 Å². The Kier molecular flexibility index (Phi) is 2.51. The first-order chi connectivity index (χ1) is 5.70. The van der Waals surface area contributed by atoms with Crippen molar-refractivity contribution in [1.29, 1.82) is 10.5 Å². The Labute approximate surface area is 73.1 Å². The third-order valence-electron chi connectivity index (χ3n) is 2.64. The summed E-state index contributed by atoms with van der Waals surface area (Å²) in [6.07, 6.45) is 9.12. The van der Waals surface area contributed by atoms with Crippen LogP contribution in [0.25, 0.3) is 0 Å². The van der Waals surface area contributed by atoms with Crippen LogP contribution < -0.4 is 0 Å². The highest BCUT2D eigenvalue weighted by atomic mass is 14.4. The van der Waals surface area contributed by atoms with Gasteiger partial charge >= 0.3 is 0 Å². The van der Waals surface area contributed by atoms with Gasteiger partial charge in [-0.2, -0.15) is 10.5 Å². The summed E-state index contributed by atoms with van der Waals surface area (Å²) in [5, 5.41) is 14.5. The number of hydrogen-bond acceptors (Lipinski definition) is 2. The molecule has 0 saturated heterocycles. The van der Waals surface area contributed by atoms with Gasteiger partial charge in [0.25, 0.3) is 0 Å². The van der Waals surface area contributed by atoms with E-state index in [4.69, 9.17) is 10.5 Å². The standard InChI is InChI=1S/C8H12.C2N2/c1-8-4-2-7(6-8)3-5-8;3-1-2-4/h2,4,7H,3,5-6H2,1H3;. The minimum atomic E-state index is 0.630. The summed E-state index contributed by atoms with van der Waals surface area (Å²) in [4.78, 5) is 0. The molecule has 0 heterocycles. The molecule has 2 atom stereocenters. The van der Waals surface area contributed by atoms with Gasteiger partial charge in [-0.15, -0.1) is 0 Å². The molecule has 2 rings (SSSR count). The minimum absolute atomic E-state index is 0.630. The summed E-state index contributed by atoms with van der Waals surface area (Å²) in [6, 6.07) is 2.47. The molecule has 62 valence electrons. The van der Waals surface area contributed by atoms with Crippen LogP contribution in [0.2, 0.25) is 0 Å². The predicted molar refractivity (Wildman–Crippen MR) is 45.8 cm³/mol. The van der Waals surface area contributed by atoms with E-state index in [0.29, 0.717) is 5.41 Å². The molecule has 2 aliphatic carbocycles. The SMILES string of the molecule is CC12C=CC(CC1)C2.N#CC#N. The van der Waals surface area contributed by atoms with Crippen molar-refractivity contribution in [1.82, 2.24) is 0 Å². The van der Waals surface area contributed by atoms with Gasteiger partial charge in [-0.05, 0) is 30.6 Å². The molecule has 0 aliphatic heterocycles. The lowest BCUT2D eigenvalue weighted by Crippen LogP contribution is -2.02. The molecule has 1 fully saturated rings. The Balaban J connectivity index is 0.000000157. The van der Waals surface area contributed by atoms with Crippen LogP contribution in [0, 0.1) is 34.0 Å². The Bertz CT molecular complexity index is 255. The maximum Gasteiger partial charge on any atom is 0.181 e. The van der Waals surface area contributed by atoms with E-state index in [9.17, 15) is 0 Å². The van der Waals surface area contributed by atoms with Gasteiger partial charge in [0.2, 0.25) is 0 Å². The molecule has 2 bridgehead atoms. The highest BCUT2D eigenvalue weighted by Gasteiger charge is 2.36. The minimum Gasteiger partial charge on any atom is -0.181 e. The average Bonchev–Trinajstić information content (AvgIpc) is 2.62. The van der Waals surface area contributed by atoms with Crippen LogP contribution in [0.5, 0.6) is 0 Å². The van der Waals surface area contributed by atoms with E-state index >= 15 is 0 Å². The summed E-state index contributed by atoms with van der Waals surface area (Å²) < 4.78 is 0. The largest absolute Gasteiger partial charge is 0.181 e. The van der Waals surface area contributed by atoms with E-state index in [1.165, 1.54) is 31.4 Å². The van der Waals surface area contributed by atoms with E-state index in [1.54, 1.807) is 0 Å². The van der Waals surface area contributed by atoms with Gasteiger partial charge in [0.15, 0.2) is 12.1 Å². The molecule has 2 nitrogen and oxygen atoms in total. The van der Waals surface area contributed by atoms with E-state index in [1.807, 2.05) is 0 Å². The molecule has 2 aliphatic rings. The fraction of sp³-hybridized carbons (Fsp3) is 0.600. The van der Waals surface area contributed by atoms with Gasteiger partial charge in [-0.3, -0.25) is 0 Å². The van der Waals surface area contributed by atoms with Crippen molar-refractivity contribution < 1.29 is 0 Å². The molecule has 2 unspecified atom stereocenters.